The number of benzene rings is 3. The van der Waals surface area contributed by atoms with Crippen molar-refractivity contribution >= 4 is 44.1 Å². The Labute approximate surface area is 245 Å². The number of amides is 1. The number of fused-ring (bicyclic) bond motifs is 2. The minimum absolute atomic E-state index is 0.113. The first-order valence-corrected chi connectivity index (χ1v) is 14.0. The first-order chi connectivity index (χ1) is 20.2. The largest absolute Gasteiger partial charge is 0.507 e. The van der Waals surface area contributed by atoms with Crippen LogP contribution in [0.1, 0.15) is 28.3 Å². The summed E-state index contributed by atoms with van der Waals surface area (Å²) in [5, 5.41) is 12.0. The highest BCUT2D eigenvalue weighted by Crippen LogP contribution is 2.49. The zero-order chi connectivity index (χ0) is 29.7. The lowest BCUT2D eigenvalue weighted by Crippen LogP contribution is -2.29. The number of aryl methyl sites for hydroxylation is 2. The Morgan fingerprint density at radius 1 is 0.952 bits per heavy atom. The molecule has 42 heavy (non-hydrogen) atoms. The summed E-state index contributed by atoms with van der Waals surface area (Å²) in [6.45, 7) is 4.70. The van der Waals surface area contributed by atoms with Gasteiger partial charge in [-0.2, -0.15) is 0 Å². The highest BCUT2D eigenvalue weighted by Gasteiger charge is 2.49. The van der Waals surface area contributed by atoms with Crippen molar-refractivity contribution in [1.29, 1.82) is 0 Å². The molecule has 0 saturated carbocycles. The quantitative estimate of drug-likeness (QED) is 0.181. The number of aromatic nitrogens is 1. The van der Waals surface area contributed by atoms with Gasteiger partial charge in [-0.3, -0.25) is 14.5 Å². The Morgan fingerprint density at radius 3 is 2.31 bits per heavy atom. The molecule has 0 bridgehead atoms. The number of thiazole rings is 1. The second-order valence-electron chi connectivity index (χ2n) is 9.91. The molecule has 1 aromatic heterocycles. The van der Waals surface area contributed by atoms with Crippen LogP contribution in [-0.2, 0) is 9.59 Å². The molecule has 1 N–H and O–H groups in total. The summed E-state index contributed by atoms with van der Waals surface area (Å²) >= 11 is 1.30. The van der Waals surface area contributed by atoms with E-state index < -0.39 is 17.7 Å². The van der Waals surface area contributed by atoms with Gasteiger partial charge in [0.25, 0.3) is 5.78 Å². The van der Waals surface area contributed by atoms with E-state index in [4.69, 9.17) is 28.7 Å². The zero-order valence-electron chi connectivity index (χ0n) is 23.6. The van der Waals surface area contributed by atoms with E-state index in [0.29, 0.717) is 58.2 Å². The Hall–Kier alpha value is -4.77. The van der Waals surface area contributed by atoms with Gasteiger partial charge in [-0.25, -0.2) is 4.98 Å². The van der Waals surface area contributed by atoms with Crippen molar-refractivity contribution in [1.82, 2.24) is 4.98 Å². The van der Waals surface area contributed by atoms with E-state index in [2.05, 4.69) is 0 Å². The maximum absolute atomic E-state index is 13.8. The molecule has 4 aromatic rings. The van der Waals surface area contributed by atoms with Crippen LogP contribution in [0.3, 0.4) is 0 Å². The second-order valence-corrected chi connectivity index (χ2v) is 10.9. The van der Waals surface area contributed by atoms with Crippen LogP contribution >= 0.6 is 11.3 Å². The number of ketones is 1. The minimum atomic E-state index is -1.06. The third-order valence-electron chi connectivity index (χ3n) is 7.29. The van der Waals surface area contributed by atoms with E-state index in [1.807, 2.05) is 26.0 Å². The van der Waals surface area contributed by atoms with Gasteiger partial charge in [0, 0.05) is 5.56 Å². The number of hydrogen-bond acceptors (Lipinski definition) is 10. The van der Waals surface area contributed by atoms with E-state index in [0.717, 1.165) is 21.3 Å². The average Bonchev–Trinajstić information content (AvgIpc) is 3.53. The standard InChI is InChI=1S/C31H28N2O8S/c1-15-10-16(2)25-23(11-15)42-31(32-25)33-26(18-13-21(37-3)29(39-5)22(14-18)38-4)24(28(35)30(33)36)27(34)17-6-7-19-20(12-17)41-9-8-40-19/h6-7,10-14,26,34H,8-9H2,1-5H3/b27-24+/t26-/m1/s1. The van der Waals surface area contributed by atoms with Gasteiger partial charge in [-0.1, -0.05) is 17.4 Å². The van der Waals surface area contributed by atoms with Gasteiger partial charge in [0.1, 0.15) is 19.0 Å². The first-order valence-electron chi connectivity index (χ1n) is 13.1. The van der Waals surface area contributed by atoms with Gasteiger partial charge in [0.15, 0.2) is 28.1 Å². The predicted molar refractivity (Wildman–Crippen MR) is 157 cm³/mol. The summed E-state index contributed by atoms with van der Waals surface area (Å²) in [6, 6.07) is 11.1. The maximum Gasteiger partial charge on any atom is 0.301 e. The summed E-state index contributed by atoms with van der Waals surface area (Å²) in [5.74, 6) is -0.0755. The summed E-state index contributed by atoms with van der Waals surface area (Å²) in [5.41, 5.74) is 3.37. The van der Waals surface area contributed by atoms with Crippen LogP contribution in [0.5, 0.6) is 28.7 Å². The molecule has 2 aliphatic rings. The molecule has 6 rings (SSSR count). The Balaban J connectivity index is 1.60. The molecule has 0 unspecified atom stereocenters. The molecule has 3 heterocycles. The van der Waals surface area contributed by atoms with Crippen molar-refractivity contribution in [3.8, 4) is 28.7 Å². The van der Waals surface area contributed by atoms with Crippen LogP contribution in [0.25, 0.3) is 16.0 Å². The molecule has 1 fully saturated rings. The van der Waals surface area contributed by atoms with Crippen LogP contribution in [0.4, 0.5) is 5.13 Å². The summed E-state index contributed by atoms with van der Waals surface area (Å²) < 4.78 is 28.8. The Bertz CT molecular complexity index is 1770. The van der Waals surface area contributed by atoms with Gasteiger partial charge in [-0.15, -0.1) is 0 Å². The lowest BCUT2D eigenvalue weighted by molar-refractivity contribution is -0.132. The van der Waals surface area contributed by atoms with Gasteiger partial charge in [-0.05, 0) is 66.9 Å². The van der Waals surface area contributed by atoms with Crippen molar-refractivity contribution in [3.05, 3.63) is 70.3 Å². The van der Waals surface area contributed by atoms with Crippen molar-refractivity contribution in [2.24, 2.45) is 0 Å². The van der Waals surface area contributed by atoms with Crippen molar-refractivity contribution in [2.45, 2.75) is 19.9 Å². The number of methoxy groups -OCH3 is 3. The third kappa shape index (κ3) is 4.37. The first kappa shape index (κ1) is 27.4. The maximum atomic E-state index is 13.8. The fourth-order valence-corrected chi connectivity index (χ4v) is 6.58. The molecular formula is C31H28N2O8S. The number of ether oxygens (including phenoxy) is 5. The molecule has 1 amide bonds. The molecule has 0 radical (unpaired) electrons. The Kier molecular flexibility index (Phi) is 6.90. The molecule has 216 valence electrons. The number of carbonyl (C=O) groups excluding carboxylic acids is 2. The monoisotopic (exact) mass is 588 g/mol. The second kappa shape index (κ2) is 10.6. The van der Waals surface area contributed by atoms with Gasteiger partial charge >= 0.3 is 5.91 Å². The fraction of sp³-hybridized carbons (Fsp3) is 0.258. The molecular weight excluding hydrogens is 560 g/mol. The lowest BCUT2D eigenvalue weighted by Gasteiger charge is -2.25. The minimum Gasteiger partial charge on any atom is -0.507 e. The number of rotatable bonds is 6. The highest BCUT2D eigenvalue weighted by atomic mass is 32.1. The van der Waals surface area contributed by atoms with Crippen molar-refractivity contribution < 1.29 is 38.4 Å². The number of anilines is 1. The van der Waals surface area contributed by atoms with E-state index in [1.54, 1.807) is 30.3 Å². The summed E-state index contributed by atoms with van der Waals surface area (Å²) in [6.07, 6.45) is 0. The number of carbonyl (C=O) groups is 2. The molecule has 11 heteroatoms. The predicted octanol–water partition coefficient (Wildman–Crippen LogP) is 5.34. The van der Waals surface area contributed by atoms with Gasteiger partial charge in [0.2, 0.25) is 5.75 Å². The molecule has 0 aliphatic carbocycles. The molecule has 1 saturated heterocycles. The normalized spacial score (nSPS) is 17.5. The molecule has 3 aromatic carbocycles. The molecule has 10 nitrogen and oxygen atoms in total. The molecule has 2 aliphatic heterocycles. The highest BCUT2D eigenvalue weighted by molar-refractivity contribution is 7.22. The Morgan fingerprint density at radius 2 is 1.64 bits per heavy atom. The van der Waals surface area contributed by atoms with Crippen LogP contribution < -0.4 is 28.6 Å². The van der Waals surface area contributed by atoms with Gasteiger partial charge < -0.3 is 28.8 Å². The SMILES string of the molecule is COc1cc([C@@H]2/C(=C(\O)c3ccc4c(c3)OCCO4)C(=O)C(=O)N2c2nc3c(C)cc(C)cc3s2)cc(OC)c1OC. The number of aliphatic hydroxyl groups is 1. The van der Waals surface area contributed by atoms with E-state index in [9.17, 15) is 14.7 Å². The molecule has 1 atom stereocenters. The zero-order valence-corrected chi connectivity index (χ0v) is 24.5. The van der Waals surface area contributed by atoms with Crippen LogP contribution in [0, 0.1) is 13.8 Å². The summed E-state index contributed by atoms with van der Waals surface area (Å²) in [7, 11) is 4.44. The van der Waals surface area contributed by atoms with Crippen molar-refractivity contribution in [3.63, 3.8) is 0 Å². The van der Waals surface area contributed by atoms with Gasteiger partial charge in [0.05, 0.1) is 43.2 Å². The van der Waals surface area contributed by atoms with E-state index >= 15 is 0 Å². The smallest absolute Gasteiger partial charge is 0.301 e. The van der Waals surface area contributed by atoms with E-state index in [-0.39, 0.29) is 11.3 Å². The topological polar surface area (TPSA) is 117 Å². The summed E-state index contributed by atoms with van der Waals surface area (Å²) in [4.78, 5) is 33.7. The van der Waals surface area contributed by atoms with E-state index in [1.165, 1.54) is 37.6 Å². The number of aliphatic hydroxyl groups excluding tert-OH is 1. The third-order valence-corrected chi connectivity index (χ3v) is 8.29. The number of nitrogens with zero attached hydrogens (tertiary/aromatic N) is 2. The molecule has 0 spiro atoms. The average molecular weight is 589 g/mol. The van der Waals surface area contributed by atoms with Crippen LogP contribution in [0.15, 0.2) is 48.0 Å². The van der Waals surface area contributed by atoms with Crippen LogP contribution in [-0.4, -0.2) is 56.3 Å². The fourth-order valence-electron chi connectivity index (χ4n) is 5.41. The lowest BCUT2D eigenvalue weighted by atomic mass is 9.94. The number of Topliss-reactive ketones (excluding diaryl/α,β-unsaturated/α-hetero) is 1. The van der Waals surface area contributed by atoms with Crippen molar-refractivity contribution in [2.75, 3.05) is 39.4 Å². The number of hydrogen-bond donors (Lipinski definition) is 1. The van der Waals surface area contributed by atoms with Crippen LogP contribution in [0.2, 0.25) is 0 Å².